The fourth-order valence-corrected chi connectivity index (χ4v) is 3.25. The van der Waals surface area contributed by atoms with Gasteiger partial charge >= 0.3 is 0 Å². The van der Waals surface area contributed by atoms with E-state index in [0.717, 1.165) is 50.3 Å². The first-order valence-corrected chi connectivity index (χ1v) is 8.27. The Bertz CT molecular complexity index is 809. The van der Waals surface area contributed by atoms with Gasteiger partial charge < -0.3 is 9.47 Å². The summed E-state index contributed by atoms with van der Waals surface area (Å²) in [5.74, 6) is -0.236. The van der Waals surface area contributed by atoms with Crippen LogP contribution in [0.3, 0.4) is 0 Å². The van der Waals surface area contributed by atoms with Gasteiger partial charge in [-0.25, -0.2) is 9.37 Å². The molecule has 2 aromatic heterocycles. The van der Waals surface area contributed by atoms with Gasteiger partial charge in [0.05, 0.1) is 17.4 Å². The molecule has 3 heterocycles. The van der Waals surface area contributed by atoms with Gasteiger partial charge in [-0.1, -0.05) is 0 Å². The molecule has 0 spiro atoms. The van der Waals surface area contributed by atoms with Crippen LogP contribution in [0.1, 0.15) is 0 Å². The monoisotopic (exact) mass is 325 g/mol. The van der Waals surface area contributed by atoms with Crippen molar-refractivity contribution in [2.24, 2.45) is 0 Å². The zero-order valence-corrected chi connectivity index (χ0v) is 13.5. The number of anilines is 1. The van der Waals surface area contributed by atoms with E-state index in [1.54, 1.807) is 12.4 Å². The molecule has 0 radical (unpaired) electrons. The average Bonchev–Trinajstić information content (AvgIpc) is 3.03. The third-order valence-electron chi connectivity index (χ3n) is 4.64. The molecule has 5 nitrogen and oxygen atoms in total. The number of halogens is 1. The van der Waals surface area contributed by atoms with E-state index in [2.05, 4.69) is 36.5 Å². The van der Waals surface area contributed by atoms with Crippen LogP contribution in [-0.2, 0) is 6.54 Å². The molecule has 0 saturated carbocycles. The van der Waals surface area contributed by atoms with Crippen LogP contribution in [0.4, 0.5) is 10.1 Å². The fraction of sp³-hybridized carbons (Fsp3) is 0.333. The molecular formula is C18H20FN5. The zero-order chi connectivity index (χ0) is 16.4. The third-order valence-corrected chi connectivity index (χ3v) is 4.64. The highest BCUT2D eigenvalue weighted by Crippen LogP contribution is 2.16. The van der Waals surface area contributed by atoms with E-state index < -0.39 is 0 Å². The van der Waals surface area contributed by atoms with Crippen molar-refractivity contribution in [3.63, 3.8) is 0 Å². The van der Waals surface area contributed by atoms with Gasteiger partial charge in [-0.15, -0.1) is 0 Å². The maximum absolute atomic E-state index is 13.2. The van der Waals surface area contributed by atoms with E-state index in [0.29, 0.717) is 0 Å². The van der Waals surface area contributed by atoms with Gasteiger partial charge in [0.2, 0.25) is 0 Å². The number of fused-ring (bicyclic) bond motifs is 1. The molecule has 0 atom stereocenters. The number of hydrogen-bond acceptors (Lipinski definition) is 4. The Morgan fingerprint density at radius 1 is 0.958 bits per heavy atom. The lowest BCUT2D eigenvalue weighted by atomic mass is 10.2. The molecule has 1 saturated heterocycles. The van der Waals surface area contributed by atoms with Crippen molar-refractivity contribution in [1.29, 1.82) is 0 Å². The van der Waals surface area contributed by atoms with E-state index in [-0.39, 0.29) is 5.82 Å². The molecule has 1 aliphatic rings. The third kappa shape index (κ3) is 3.10. The predicted molar refractivity (Wildman–Crippen MR) is 92.6 cm³/mol. The van der Waals surface area contributed by atoms with Gasteiger partial charge in [0.15, 0.2) is 0 Å². The standard InChI is InChI=1S/C18H20FN5/c19-15-1-2-18-17(13-15)21-14-24(18)12-9-22-7-10-23(11-8-22)16-3-5-20-6-4-16/h1-6,13-14H,7-12H2. The number of hydrogen-bond donors (Lipinski definition) is 0. The van der Waals surface area contributed by atoms with E-state index in [1.807, 2.05) is 12.4 Å². The number of benzene rings is 1. The Kier molecular flexibility index (Phi) is 4.13. The second-order valence-electron chi connectivity index (χ2n) is 6.11. The van der Waals surface area contributed by atoms with Crippen LogP contribution in [0.2, 0.25) is 0 Å². The number of aromatic nitrogens is 3. The van der Waals surface area contributed by atoms with Crippen molar-refractivity contribution in [2.75, 3.05) is 37.6 Å². The second-order valence-corrected chi connectivity index (χ2v) is 6.11. The molecule has 1 aliphatic heterocycles. The Labute approximate surface area is 140 Å². The SMILES string of the molecule is Fc1ccc2c(c1)ncn2CCN1CCN(c2ccncc2)CC1. The van der Waals surface area contributed by atoms with Crippen LogP contribution in [0.15, 0.2) is 49.1 Å². The normalized spacial score (nSPS) is 16.0. The lowest BCUT2D eigenvalue weighted by molar-refractivity contribution is 0.249. The first-order valence-electron chi connectivity index (χ1n) is 8.27. The fourth-order valence-electron chi connectivity index (χ4n) is 3.25. The van der Waals surface area contributed by atoms with Gasteiger partial charge in [-0.3, -0.25) is 9.88 Å². The van der Waals surface area contributed by atoms with Crippen LogP contribution < -0.4 is 4.90 Å². The molecule has 1 fully saturated rings. The molecule has 0 aliphatic carbocycles. The minimum absolute atomic E-state index is 0.236. The first kappa shape index (κ1) is 15.1. The van der Waals surface area contributed by atoms with Crippen molar-refractivity contribution in [3.8, 4) is 0 Å². The maximum atomic E-state index is 13.2. The number of nitrogens with zero attached hydrogens (tertiary/aromatic N) is 5. The summed E-state index contributed by atoms with van der Waals surface area (Å²) in [7, 11) is 0. The van der Waals surface area contributed by atoms with Crippen molar-refractivity contribution in [2.45, 2.75) is 6.54 Å². The predicted octanol–water partition coefficient (Wildman–Crippen LogP) is 2.39. The average molecular weight is 325 g/mol. The van der Waals surface area contributed by atoms with Crippen molar-refractivity contribution < 1.29 is 4.39 Å². The number of pyridine rings is 1. The molecule has 0 unspecified atom stereocenters. The highest BCUT2D eigenvalue weighted by Gasteiger charge is 2.17. The van der Waals surface area contributed by atoms with E-state index in [9.17, 15) is 4.39 Å². The van der Waals surface area contributed by atoms with Crippen LogP contribution in [0, 0.1) is 5.82 Å². The highest BCUT2D eigenvalue weighted by molar-refractivity contribution is 5.75. The Balaban J connectivity index is 1.34. The number of piperazine rings is 1. The van der Waals surface area contributed by atoms with Crippen molar-refractivity contribution >= 4 is 16.7 Å². The molecule has 6 heteroatoms. The summed E-state index contributed by atoms with van der Waals surface area (Å²) in [4.78, 5) is 13.2. The Morgan fingerprint density at radius 3 is 2.54 bits per heavy atom. The second kappa shape index (κ2) is 6.57. The highest BCUT2D eigenvalue weighted by atomic mass is 19.1. The summed E-state index contributed by atoms with van der Waals surface area (Å²) in [6.45, 7) is 6.00. The lowest BCUT2D eigenvalue weighted by Crippen LogP contribution is -2.47. The lowest BCUT2D eigenvalue weighted by Gasteiger charge is -2.36. The van der Waals surface area contributed by atoms with Crippen molar-refractivity contribution in [1.82, 2.24) is 19.4 Å². The minimum Gasteiger partial charge on any atom is -0.369 e. The molecule has 3 aromatic rings. The molecule has 0 amide bonds. The Morgan fingerprint density at radius 2 is 1.75 bits per heavy atom. The maximum Gasteiger partial charge on any atom is 0.125 e. The summed E-state index contributed by atoms with van der Waals surface area (Å²) >= 11 is 0. The minimum atomic E-state index is -0.236. The molecule has 124 valence electrons. The smallest absolute Gasteiger partial charge is 0.125 e. The molecule has 0 bridgehead atoms. The Hall–Kier alpha value is -2.47. The van der Waals surface area contributed by atoms with Crippen LogP contribution in [-0.4, -0.2) is 52.2 Å². The zero-order valence-electron chi connectivity index (χ0n) is 13.5. The summed E-state index contributed by atoms with van der Waals surface area (Å²) in [5.41, 5.74) is 2.96. The van der Waals surface area contributed by atoms with Gasteiger partial charge in [0.25, 0.3) is 0 Å². The van der Waals surface area contributed by atoms with Gasteiger partial charge in [-0.05, 0) is 24.3 Å². The molecule has 4 rings (SSSR count). The number of rotatable bonds is 4. The summed E-state index contributed by atoms with van der Waals surface area (Å²) in [6.07, 6.45) is 5.49. The first-order chi connectivity index (χ1) is 11.8. The van der Waals surface area contributed by atoms with Gasteiger partial charge in [0, 0.05) is 63.4 Å². The van der Waals surface area contributed by atoms with Crippen molar-refractivity contribution in [3.05, 3.63) is 54.9 Å². The summed E-state index contributed by atoms with van der Waals surface area (Å²) in [6, 6.07) is 8.91. The number of imidazole rings is 1. The molecule has 1 aromatic carbocycles. The molecule has 0 N–H and O–H groups in total. The molecule has 24 heavy (non-hydrogen) atoms. The summed E-state index contributed by atoms with van der Waals surface area (Å²) in [5, 5.41) is 0. The summed E-state index contributed by atoms with van der Waals surface area (Å²) < 4.78 is 15.3. The quantitative estimate of drug-likeness (QED) is 0.738. The van der Waals surface area contributed by atoms with Crippen LogP contribution in [0.5, 0.6) is 0 Å². The topological polar surface area (TPSA) is 37.2 Å². The molecular weight excluding hydrogens is 305 g/mol. The van der Waals surface area contributed by atoms with Crippen LogP contribution in [0.25, 0.3) is 11.0 Å². The largest absolute Gasteiger partial charge is 0.369 e. The van der Waals surface area contributed by atoms with E-state index in [1.165, 1.54) is 17.8 Å². The van der Waals surface area contributed by atoms with E-state index >= 15 is 0 Å². The van der Waals surface area contributed by atoms with Gasteiger partial charge in [0.1, 0.15) is 5.82 Å². The van der Waals surface area contributed by atoms with Crippen LogP contribution >= 0.6 is 0 Å². The van der Waals surface area contributed by atoms with Gasteiger partial charge in [-0.2, -0.15) is 0 Å². The van der Waals surface area contributed by atoms with E-state index in [4.69, 9.17) is 0 Å².